The highest BCUT2D eigenvalue weighted by molar-refractivity contribution is 7.90. The fourth-order valence-corrected chi connectivity index (χ4v) is 2.82. The third kappa shape index (κ3) is 2.40. The Morgan fingerprint density at radius 3 is 2.69 bits per heavy atom. The van der Waals surface area contributed by atoms with Gasteiger partial charge in [-0.3, -0.25) is 0 Å². The number of sulfone groups is 1. The SMILES string of the molecule is CS(=O)(=O)c1nsc(-c2cccc(Cl)c2)n1. The van der Waals surface area contributed by atoms with Crippen molar-refractivity contribution in [1.29, 1.82) is 0 Å². The van der Waals surface area contributed by atoms with E-state index >= 15 is 0 Å². The maximum absolute atomic E-state index is 11.2. The lowest BCUT2D eigenvalue weighted by Crippen LogP contribution is -1.98. The smallest absolute Gasteiger partial charge is 0.221 e. The van der Waals surface area contributed by atoms with Gasteiger partial charge in [-0.15, -0.1) is 0 Å². The molecular weight excluding hydrogens is 268 g/mol. The largest absolute Gasteiger partial charge is 0.259 e. The number of nitrogens with zero attached hydrogens (tertiary/aromatic N) is 2. The van der Waals surface area contributed by atoms with Crippen LogP contribution in [0.1, 0.15) is 0 Å². The second-order valence-corrected chi connectivity index (χ2v) is 6.26. The van der Waals surface area contributed by atoms with Gasteiger partial charge in [0.05, 0.1) is 0 Å². The van der Waals surface area contributed by atoms with Gasteiger partial charge in [0.2, 0.25) is 9.84 Å². The Kier molecular flexibility index (Phi) is 2.96. The lowest BCUT2D eigenvalue weighted by atomic mass is 10.2. The van der Waals surface area contributed by atoms with Gasteiger partial charge in [-0.25, -0.2) is 13.4 Å². The molecule has 0 bridgehead atoms. The van der Waals surface area contributed by atoms with Crippen LogP contribution in [0.15, 0.2) is 29.4 Å². The first-order valence-corrected chi connectivity index (χ1v) is 7.31. The zero-order valence-electron chi connectivity index (χ0n) is 8.21. The Balaban J connectivity index is 2.47. The van der Waals surface area contributed by atoms with Gasteiger partial charge in [0, 0.05) is 16.8 Å². The van der Waals surface area contributed by atoms with E-state index in [-0.39, 0.29) is 5.16 Å². The van der Waals surface area contributed by atoms with E-state index in [2.05, 4.69) is 9.36 Å². The van der Waals surface area contributed by atoms with Crippen molar-refractivity contribution in [1.82, 2.24) is 9.36 Å². The molecule has 0 unspecified atom stereocenters. The van der Waals surface area contributed by atoms with Gasteiger partial charge in [-0.1, -0.05) is 23.7 Å². The van der Waals surface area contributed by atoms with Gasteiger partial charge in [0.25, 0.3) is 5.16 Å². The van der Waals surface area contributed by atoms with Crippen molar-refractivity contribution in [2.24, 2.45) is 0 Å². The Bertz CT molecular complexity index is 622. The first-order chi connectivity index (χ1) is 7.47. The summed E-state index contributed by atoms with van der Waals surface area (Å²) in [5.74, 6) is 0. The fourth-order valence-electron chi connectivity index (χ4n) is 1.10. The second-order valence-electron chi connectivity index (χ2n) is 3.16. The van der Waals surface area contributed by atoms with Crippen LogP contribution < -0.4 is 0 Å². The topological polar surface area (TPSA) is 59.9 Å². The quantitative estimate of drug-likeness (QED) is 0.843. The van der Waals surface area contributed by atoms with Crippen LogP contribution in [0, 0.1) is 0 Å². The van der Waals surface area contributed by atoms with Gasteiger partial charge in [-0.05, 0) is 23.7 Å². The summed E-state index contributed by atoms with van der Waals surface area (Å²) < 4.78 is 26.2. The Hall–Kier alpha value is -0.980. The van der Waals surface area contributed by atoms with Crippen molar-refractivity contribution in [2.45, 2.75) is 5.16 Å². The monoisotopic (exact) mass is 274 g/mol. The van der Waals surface area contributed by atoms with Crippen LogP contribution in [0.3, 0.4) is 0 Å². The summed E-state index contributed by atoms with van der Waals surface area (Å²) in [6, 6.07) is 7.04. The third-order valence-corrected chi connectivity index (χ3v) is 3.77. The minimum atomic E-state index is -3.34. The van der Waals surface area contributed by atoms with Crippen molar-refractivity contribution in [3.05, 3.63) is 29.3 Å². The summed E-state index contributed by atoms with van der Waals surface area (Å²) >= 11 is 6.87. The number of benzene rings is 1. The van der Waals surface area contributed by atoms with Gasteiger partial charge in [0.1, 0.15) is 5.01 Å². The summed E-state index contributed by atoms with van der Waals surface area (Å²) in [5, 5.41) is 0.976. The van der Waals surface area contributed by atoms with E-state index in [0.29, 0.717) is 10.0 Å². The van der Waals surface area contributed by atoms with Crippen molar-refractivity contribution in [3.63, 3.8) is 0 Å². The number of rotatable bonds is 2. The minimum Gasteiger partial charge on any atom is -0.221 e. The maximum atomic E-state index is 11.2. The lowest BCUT2D eigenvalue weighted by molar-refractivity contribution is 0.595. The summed E-state index contributed by atoms with van der Waals surface area (Å²) in [6.07, 6.45) is 1.08. The molecule has 0 radical (unpaired) electrons. The molecule has 1 aromatic carbocycles. The van der Waals surface area contributed by atoms with Crippen molar-refractivity contribution in [2.75, 3.05) is 6.26 Å². The molecule has 0 atom stereocenters. The van der Waals surface area contributed by atoms with Crippen molar-refractivity contribution < 1.29 is 8.42 Å². The second kappa shape index (κ2) is 4.12. The summed E-state index contributed by atoms with van der Waals surface area (Å²) in [6.45, 7) is 0. The van der Waals surface area contributed by atoms with Crippen LogP contribution in [0.5, 0.6) is 0 Å². The van der Waals surface area contributed by atoms with Crippen LogP contribution in [0.25, 0.3) is 10.6 Å². The molecule has 0 saturated carbocycles. The zero-order valence-corrected chi connectivity index (χ0v) is 10.6. The standard InChI is InChI=1S/C9H7ClN2O2S2/c1-16(13,14)9-11-8(15-12-9)6-3-2-4-7(10)5-6/h2-5H,1H3. The molecule has 0 spiro atoms. The normalized spacial score (nSPS) is 11.6. The van der Waals surface area contributed by atoms with Gasteiger partial charge < -0.3 is 0 Å². The Morgan fingerprint density at radius 1 is 1.38 bits per heavy atom. The van der Waals surface area contributed by atoms with Crippen LogP contribution in [0.4, 0.5) is 0 Å². The number of halogens is 1. The van der Waals surface area contributed by atoms with E-state index < -0.39 is 9.84 Å². The van der Waals surface area contributed by atoms with Crippen LogP contribution in [-0.4, -0.2) is 24.0 Å². The molecule has 2 rings (SSSR count). The number of hydrogen-bond acceptors (Lipinski definition) is 5. The molecule has 0 fully saturated rings. The summed E-state index contributed by atoms with van der Waals surface area (Å²) in [5.41, 5.74) is 0.764. The van der Waals surface area contributed by atoms with E-state index in [1.165, 1.54) is 0 Å². The molecule has 0 N–H and O–H groups in total. The molecule has 1 heterocycles. The predicted octanol–water partition coefficient (Wildman–Crippen LogP) is 2.26. The van der Waals surface area contributed by atoms with Gasteiger partial charge >= 0.3 is 0 Å². The summed E-state index contributed by atoms with van der Waals surface area (Å²) in [4.78, 5) is 3.95. The molecule has 4 nitrogen and oxygen atoms in total. The number of aromatic nitrogens is 2. The summed E-state index contributed by atoms with van der Waals surface area (Å²) in [7, 11) is -3.34. The molecule has 16 heavy (non-hydrogen) atoms. The van der Waals surface area contributed by atoms with Crippen molar-refractivity contribution >= 4 is 33.0 Å². The van der Waals surface area contributed by atoms with Crippen LogP contribution >= 0.6 is 23.1 Å². The van der Waals surface area contributed by atoms with E-state index in [1.54, 1.807) is 24.3 Å². The molecule has 1 aromatic heterocycles. The lowest BCUT2D eigenvalue weighted by Gasteiger charge is -1.94. The molecule has 0 aliphatic rings. The molecule has 0 saturated heterocycles. The molecule has 84 valence electrons. The molecule has 7 heteroatoms. The highest BCUT2D eigenvalue weighted by Gasteiger charge is 2.15. The van der Waals surface area contributed by atoms with E-state index in [0.717, 1.165) is 23.4 Å². The maximum Gasteiger partial charge on any atom is 0.259 e. The van der Waals surface area contributed by atoms with E-state index in [4.69, 9.17) is 11.6 Å². The van der Waals surface area contributed by atoms with E-state index in [9.17, 15) is 8.42 Å². The van der Waals surface area contributed by atoms with Crippen LogP contribution in [0.2, 0.25) is 5.02 Å². The van der Waals surface area contributed by atoms with Crippen LogP contribution in [-0.2, 0) is 9.84 Å². The predicted molar refractivity (Wildman–Crippen MR) is 63.5 cm³/mol. The average molecular weight is 275 g/mol. The average Bonchev–Trinajstić information content (AvgIpc) is 2.65. The zero-order chi connectivity index (χ0) is 11.8. The van der Waals surface area contributed by atoms with Gasteiger partial charge in [0.15, 0.2) is 0 Å². The van der Waals surface area contributed by atoms with E-state index in [1.807, 2.05) is 0 Å². The first-order valence-electron chi connectivity index (χ1n) is 4.26. The third-order valence-electron chi connectivity index (χ3n) is 1.81. The molecule has 0 aliphatic carbocycles. The molecular formula is C9H7ClN2O2S2. The molecule has 0 amide bonds. The fraction of sp³-hybridized carbons (Fsp3) is 0.111. The Morgan fingerprint density at radius 2 is 2.12 bits per heavy atom. The number of hydrogen-bond donors (Lipinski definition) is 0. The van der Waals surface area contributed by atoms with Crippen molar-refractivity contribution in [3.8, 4) is 10.6 Å². The highest BCUT2D eigenvalue weighted by Crippen LogP contribution is 2.25. The Labute approximate surface area is 102 Å². The highest BCUT2D eigenvalue weighted by atomic mass is 35.5. The molecule has 0 aliphatic heterocycles. The minimum absolute atomic E-state index is 0.146. The van der Waals surface area contributed by atoms with Gasteiger partial charge in [-0.2, -0.15) is 4.37 Å². The first kappa shape index (κ1) is 11.5. The molecule has 2 aromatic rings.